The van der Waals surface area contributed by atoms with Crippen LogP contribution in [0.15, 0.2) is 22.3 Å². The minimum absolute atomic E-state index is 0.0746. The molecule has 0 aromatic rings. The van der Waals surface area contributed by atoms with Crippen LogP contribution in [-0.4, -0.2) is 48.6 Å². The first-order valence-corrected chi connectivity index (χ1v) is 7.03. The van der Waals surface area contributed by atoms with Crippen LogP contribution in [0.1, 0.15) is 41.5 Å². The molecule has 0 heterocycles. The third kappa shape index (κ3) is 11.0. The topological polar surface area (TPSA) is 93.1 Å². The zero-order valence-electron chi connectivity index (χ0n) is 14.4. The molecule has 0 rings (SSSR count). The summed E-state index contributed by atoms with van der Waals surface area (Å²) in [7, 11) is 0. The summed E-state index contributed by atoms with van der Waals surface area (Å²) in [6.45, 7) is 10.7. The van der Waals surface area contributed by atoms with E-state index in [-0.39, 0.29) is 38.4 Å². The second-order valence-corrected chi connectivity index (χ2v) is 4.97. The van der Waals surface area contributed by atoms with Gasteiger partial charge in [0.05, 0.1) is 13.2 Å². The summed E-state index contributed by atoms with van der Waals surface area (Å²) in [6, 6.07) is 0. The molecule has 0 saturated carbocycles. The SMILES string of the molecule is CC(C)=C(C)C(=O)OCCOC(=O)C(C)=C(C)C.OCCO. The van der Waals surface area contributed by atoms with E-state index in [0.717, 1.165) is 11.1 Å². The lowest BCUT2D eigenvalue weighted by Crippen LogP contribution is -2.15. The zero-order valence-corrected chi connectivity index (χ0v) is 14.4. The number of aliphatic hydroxyl groups is 2. The zero-order chi connectivity index (χ0) is 17.7. The fourth-order valence-electron chi connectivity index (χ4n) is 0.893. The fraction of sp³-hybridized carbons (Fsp3) is 0.625. The third-order valence-corrected chi connectivity index (χ3v) is 2.76. The Hall–Kier alpha value is -1.66. The Morgan fingerprint density at radius 2 is 0.955 bits per heavy atom. The largest absolute Gasteiger partial charge is 0.459 e. The molecule has 128 valence electrons. The molecule has 6 nitrogen and oxygen atoms in total. The summed E-state index contributed by atoms with van der Waals surface area (Å²) in [6.07, 6.45) is 0. The first-order valence-electron chi connectivity index (χ1n) is 7.03. The van der Waals surface area contributed by atoms with E-state index in [4.69, 9.17) is 19.7 Å². The highest BCUT2D eigenvalue weighted by Crippen LogP contribution is 2.05. The lowest BCUT2D eigenvalue weighted by Gasteiger charge is -2.08. The quantitative estimate of drug-likeness (QED) is 0.440. The summed E-state index contributed by atoms with van der Waals surface area (Å²) < 4.78 is 9.93. The van der Waals surface area contributed by atoms with Crippen LogP contribution in [0.25, 0.3) is 0 Å². The van der Waals surface area contributed by atoms with Gasteiger partial charge in [-0.05, 0) is 41.5 Å². The van der Waals surface area contributed by atoms with Gasteiger partial charge in [0.25, 0.3) is 0 Å². The van der Waals surface area contributed by atoms with Crippen molar-refractivity contribution in [3.63, 3.8) is 0 Å². The Labute approximate surface area is 132 Å². The molecule has 22 heavy (non-hydrogen) atoms. The van der Waals surface area contributed by atoms with E-state index in [9.17, 15) is 9.59 Å². The Balaban J connectivity index is 0. The van der Waals surface area contributed by atoms with E-state index in [1.165, 1.54) is 0 Å². The van der Waals surface area contributed by atoms with Crippen molar-refractivity contribution in [3.8, 4) is 0 Å². The number of carbonyl (C=O) groups excluding carboxylic acids is 2. The van der Waals surface area contributed by atoms with Gasteiger partial charge in [-0.2, -0.15) is 0 Å². The third-order valence-electron chi connectivity index (χ3n) is 2.76. The highest BCUT2D eigenvalue weighted by Gasteiger charge is 2.09. The summed E-state index contributed by atoms with van der Waals surface area (Å²) in [5, 5.41) is 15.2. The van der Waals surface area contributed by atoms with Gasteiger partial charge in [0.2, 0.25) is 0 Å². The number of esters is 2. The van der Waals surface area contributed by atoms with Gasteiger partial charge in [-0.25, -0.2) is 9.59 Å². The van der Waals surface area contributed by atoms with Crippen molar-refractivity contribution in [1.29, 1.82) is 0 Å². The van der Waals surface area contributed by atoms with Crippen molar-refractivity contribution < 1.29 is 29.3 Å². The minimum Gasteiger partial charge on any atom is -0.459 e. The van der Waals surface area contributed by atoms with E-state index in [1.54, 1.807) is 13.8 Å². The number of ether oxygens (including phenoxy) is 2. The lowest BCUT2D eigenvalue weighted by atomic mass is 10.2. The van der Waals surface area contributed by atoms with Gasteiger partial charge in [0.15, 0.2) is 0 Å². The fourth-order valence-corrected chi connectivity index (χ4v) is 0.893. The Morgan fingerprint density at radius 3 is 1.14 bits per heavy atom. The minimum atomic E-state index is -0.370. The van der Waals surface area contributed by atoms with Gasteiger partial charge < -0.3 is 19.7 Å². The van der Waals surface area contributed by atoms with Crippen molar-refractivity contribution in [3.05, 3.63) is 22.3 Å². The Kier molecular flexibility index (Phi) is 13.4. The molecule has 0 unspecified atom stereocenters. The number of aliphatic hydroxyl groups excluding tert-OH is 2. The predicted molar refractivity (Wildman–Crippen MR) is 84.2 cm³/mol. The molecule has 0 aromatic heterocycles. The monoisotopic (exact) mass is 316 g/mol. The van der Waals surface area contributed by atoms with Gasteiger partial charge in [0, 0.05) is 11.1 Å². The molecule has 0 aliphatic carbocycles. The summed E-state index contributed by atoms with van der Waals surface area (Å²) in [4.78, 5) is 22.9. The number of carbonyl (C=O) groups is 2. The molecule has 0 saturated heterocycles. The number of allylic oxidation sites excluding steroid dienone is 2. The second kappa shape index (κ2) is 13.0. The van der Waals surface area contributed by atoms with Gasteiger partial charge in [-0.1, -0.05) is 11.1 Å². The molecule has 0 aromatic carbocycles. The maximum Gasteiger partial charge on any atom is 0.333 e. The molecule has 0 spiro atoms. The summed E-state index contributed by atoms with van der Waals surface area (Å²) in [5.74, 6) is -0.741. The molecule has 0 radical (unpaired) electrons. The standard InChI is InChI=1S/C14H22O4.C2H6O2/c1-9(2)11(5)13(15)17-7-8-18-14(16)12(6)10(3)4;3-1-2-4/h7-8H2,1-6H3;3-4H,1-2H2. The molecular weight excluding hydrogens is 288 g/mol. The van der Waals surface area contributed by atoms with Crippen LogP contribution in [0.2, 0.25) is 0 Å². The number of rotatable bonds is 6. The van der Waals surface area contributed by atoms with Crippen molar-refractivity contribution >= 4 is 11.9 Å². The molecule has 2 N–H and O–H groups in total. The molecule has 6 heteroatoms. The van der Waals surface area contributed by atoms with E-state index in [0.29, 0.717) is 11.1 Å². The number of hydrogen-bond donors (Lipinski definition) is 2. The van der Waals surface area contributed by atoms with Gasteiger partial charge in [-0.15, -0.1) is 0 Å². The van der Waals surface area contributed by atoms with Crippen molar-refractivity contribution in [2.75, 3.05) is 26.4 Å². The maximum atomic E-state index is 11.4. The first-order chi connectivity index (χ1) is 10.2. The van der Waals surface area contributed by atoms with E-state index >= 15 is 0 Å². The van der Waals surface area contributed by atoms with Crippen LogP contribution in [0.5, 0.6) is 0 Å². The van der Waals surface area contributed by atoms with Crippen LogP contribution in [-0.2, 0) is 19.1 Å². The average Bonchev–Trinajstić information content (AvgIpc) is 2.49. The summed E-state index contributed by atoms with van der Waals surface area (Å²) in [5.41, 5.74) is 3.00. The average molecular weight is 316 g/mol. The van der Waals surface area contributed by atoms with Crippen LogP contribution < -0.4 is 0 Å². The maximum absolute atomic E-state index is 11.4. The summed E-state index contributed by atoms with van der Waals surface area (Å²) >= 11 is 0. The highest BCUT2D eigenvalue weighted by molar-refractivity contribution is 5.89. The molecular formula is C16H28O6. The second-order valence-electron chi connectivity index (χ2n) is 4.97. The molecule has 0 atom stereocenters. The smallest absolute Gasteiger partial charge is 0.333 e. The van der Waals surface area contributed by atoms with E-state index < -0.39 is 0 Å². The molecule has 0 amide bonds. The Morgan fingerprint density at radius 1 is 0.682 bits per heavy atom. The number of hydrogen-bond acceptors (Lipinski definition) is 6. The first kappa shape index (κ1) is 22.6. The van der Waals surface area contributed by atoms with E-state index in [1.807, 2.05) is 27.7 Å². The van der Waals surface area contributed by atoms with Crippen LogP contribution in [0.4, 0.5) is 0 Å². The van der Waals surface area contributed by atoms with Crippen molar-refractivity contribution in [2.45, 2.75) is 41.5 Å². The van der Waals surface area contributed by atoms with E-state index in [2.05, 4.69) is 0 Å². The normalized spacial score (nSPS) is 9.09. The van der Waals surface area contributed by atoms with Crippen LogP contribution in [0.3, 0.4) is 0 Å². The van der Waals surface area contributed by atoms with Crippen LogP contribution >= 0.6 is 0 Å². The molecule has 0 aliphatic heterocycles. The van der Waals surface area contributed by atoms with Gasteiger partial charge in [0.1, 0.15) is 13.2 Å². The van der Waals surface area contributed by atoms with Gasteiger partial charge >= 0.3 is 11.9 Å². The Bertz CT molecular complexity index is 372. The highest BCUT2D eigenvalue weighted by atomic mass is 16.6. The molecule has 0 bridgehead atoms. The van der Waals surface area contributed by atoms with Gasteiger partial charge in [-0.3, -0.25) is 0 Å². The molecule has 0 aliphatic rings. The van der Waals surface area contributed by atoms with Crippen molar-refractivity contribution in [2.24, 2.45) is 0 Å². The predicted octanol–water partition coefficient (Wildman–Crippen LogP) is 1.76. The van der Waals surface area contributed by atoms with Crippen molar-refractivity contribution in [1.82, 2.24) is 0 Å². The van der Waals surface area contributed by atoms with Crippen LogP contribution in [0, 0.1) is 0 Å². The lowest BCUT2D eigenvalue weighted by molar-refractivity contribution is -0.147. The molecule has 0 fully saturated rings.